The van der Waals surface area contributed by atoms with Gasteiger partial charge in [-0.1, -0.05) is 28.8 Å². The van der Waals surface area contributed by atoms with Crippen LogP contribution in [0.5, 0.6) is 0 Å². The number of nitrogen functional groups attached to an aromatic ring is 1. The van der Waals surface area contributed by atoms with Crippen molar-refractivity contribution in [1.82, 2.24) is 0 Å². The fourth-order valence-corrected chi connectivity index (χ4v) is 5.15. The van der Waals surface area contributed by atoms with E-state index in [1.165, 1.54) is 0 Å². The number of carbonyl (C=O) groups excluding carboxylic acids is 1. The van der Waals surface area contributed by atoms with Crippen molar-refractivity contribution in [3.8, 4) is 0 Å². The molecule has 22 heavy (non-hydrogen) atoms. The average molecular weight is 389 g/mol. The van der Waals surface area contributed by atoms with Gasteiger partial charge in [0.2, 0.25) is 5.91 Å². The molecule has 0 aromatic heterocycles. The molecule has 0 aliphatic heterocycles. The summed E-state index contributed by atoms with van der Waals surface area (Å²) in [5.74, 6) is -0.429. The summed E-state index contributed by atoms with van der Waals surface area (Å²) < 4.78 is 25.1. The first-order valence-corrected chi connectivity index (χ1v) is 9.87. The second kappa shape index (κ2) is 7.00. The Morgan fingerprint density at radius 1 is 1.36 bits per heavy atom. The SMILES string of the molecule is Cc1cc(Br)cc(NC(=O)CCS(=O)(=O)C2CCCC2)c1N. The van der Waals surface area contributed by atoms with Crippen molar-refractivity contribution >= 4 is 43.0 Å². The van der Waals surface area contributed by atoms with Crippen molar-refractivity contribution in [2.75, 3.05) is 16.8 Å². The molecule has 2 rings (SSSR count). The summed E-state index contributed by atoms with van der Waals surface area (Å²) in [7, 11) is -3.18. The molecule has 3 N–H and O–H groups in total. The van der Waals surface area contributed by atoms with Gasteiger partial charge in [0.1, 0.15) is 0 Å². The number of nitrogens with two attached hydrogens (primary N) is 1. The molecule has 122 valence electrons. The van der Waals surface area contributed by atoms with E-state index in [4.69, 9.17) is 5.73 Å². The first kappa shape index (κ1) is 17.3. The van der Waals surface area contributed by atoms with Gasteiger partial charge >= 0.3 is 0 Å². The van der Waals surface area contributed by atoms with Gasteiger partial charge in [-0.15, -0.1) is 0 Å². The number of rotatable bonds is 5. The van der Waals surface area contributed by atoms with Crippen molar-refractivity contribution in [2.24, 2.45) is 0 Å². The van der Waals surface area contributed by atoms with Crippen LogP contribution in [0.15, 0.2) is 16.6 Å². The lowest BCUT2D eigenvalue weighted by molar-refractivity contribution is -0.115. The van der Waals surface area contributed by atoms with Crippen molar-refractivity contribution in [3.63, 3.8) is 0 Å². The summed E-state index contributed by atoms with van der Waals surface area (Å²) in [4.78, 5) is 12.0. The van der Waals surface area contributed by atoms with E-state index in [0.29, 0.717) is 11.4 Å². The zero-order chi connectivity index (χ0) is 16.3. The average Bonchev–Trinajstić information content (AvgIpc) is 2.97. The van der Waals surface area contributed by atoms with Crippen LogP contribution in [0.1, 0.15) is 37.7 Å². The Labute approximate surface area is 139 Å². The molecule has 0 atom stereocenters. The molecule has 1 saturated carbocycles. The van der Waals surface area contributed by atoms with E-state index in [1.54, 1.807) is 6.07 Å². The highest BCUT2D eigenvalue weighted by molar-refractivity contribution is 9.10. The molecular weight excluding hydrogens is 368 g/mol. The van der Waals surface area contributed by atoms with Gasteiger partial charge < -0.3 is 11.1 Å². The fraction of sp³-hybridized carbons (Fsp3) is 0.533. The number of hydrogen-bond donors (Lipinski definition) is 2. The molecule has 7 heteroatoms. The molecule has 0 unspecified atom stereocenters. The van der Waals surface area contributed by atoms with E-state index in [0.717, 1.165) is 35.7 Å². The quantitative estimate of drug-likeness (QED) is 0.758. The first-order valence-electron chi connectivity index (χ1n) is 7.36. The number of amides is 1. The standard InChI is InChI=1S/C15H21BrN2O3S/c1-10-8-11(16)9-13(15(10)17)18-14(19)6-7-22(20,21)12-4-2-3-5-12/h8-9,12H,2-7,17H2,1H3,(H,18,19). The number of halogens is 1. The summed E-state index contributed by atoms with van der Waals surface area (Å²) in [5.41, 5.74) is 7.78. The minimum Gasteiger partial charge on any atom is -0.397 e. The van der Waals surface area contributed by atoms with E-state index in [1.807, 2.05) is 13.0 Å². The Morgan fingerprint density at radius 2 is 2.00 bits per heavy atom. The zero-order valence-electron chi connectivity index (χ0n) is 12.6. The number of hydrogen-bond acceptors (Lipinski definition) is 4. The van der Waals surface area contributed by atoms with Crippen LogP contribution < -0.4 is 11.1 Å². The maximum Gasteiger partial charge on any atom is 0.225 e. The highest BCUT2D eigenvalue weighted by Crippen LogP contribution is 2.28. The Bertz CT molecular complexity index is 668. The van der Waals surface area contributed by atoms with Crippen molar-refractivity contribution in [2.45, 2.75) is 44.3 Å². The third kappa shape index (κ3) is 4.23. The number of sulfone groups is 1. The number of carbonyl (C=O) groups is 1. The summed E-state index contributed by atoms with van der Waals surface area (Å²) in [5, 5.41) is 2.43. The predicted molar refractivity (Wildman–Crippen MR) is 92.6 cm³/mol. The van der Waals surface area contributed by atoms with Gasteiger partial charge in [0.25, 0.3) is 0 Å². The molecular formula is C15H21BrN2O3S. The van der Waals surface area contributed by atoms with Crippen LogP contribution in [-0.4, -0.2) is 25.3 Å². The highest BCUT2D eigenvalue weighted by Gasteiger charge is 2.28. The second-order valence-electron chi connectivity index (χ2n) is 5.76. The van der Waals surface area contributed by atoms with Crippen LogP contribution in [0, 0.1) is 6.92 Å². The predicted octanol–water partition coefficient (Wildman–Crippen LogP) is 3.03. The maximum atomic E-state index is 12.2. The zero-order valence-corrected chi connectivity index (χ0v) is 15.0. The molecule has 0 spiro atoms. The van der Waals surface area contributed by atoms with Crippen LogP contribution in [0.2, 0.25) is 0 Å². The van der Waals surface area contributed by atoms with E-state index < -0.39 is 9.84 Å². The molecule has 0 saturated heterocycles. The van der Waals surface area contributed by atoms with Gasteiger partial charge in [-0.25, -0.2) is 8.42 Å². The highest BCUT2D eigenvalue weighted by atomic mass is 79.9. The van der Waals surface area contributed by atoms with Gasteiger partial charge in [-0.05, 0) is 37.5 Å². The lowest BCUT2D eigenvalue weighted by Gasteiger charge is -2.13. The number of aryl methyl sites for hydroxylation is 1. The molecule has 0 bridgehead atoms. The van der Waals surface area contributed by atoms with Crippen LogP contribution in [-0.2, 0) is 14.6 Å². The summed E-state index contributed by atoms with van der Waals surface area (Å²) >= 11 is 3.35. The third-order valence-corrected chi connectivity index (χ3v) is 6.77. The topological polar surface area (TPSA) is 89.3 Å². The number of anilines is 2. The lowest BCUT2D eigenvalue weighted by Crippen LogP contribution is -2.24. The van der Waals surface area contributed by atoms with Gasteiger partial charge in [0, 0.05) is 10.9 Å². The van der Waals surface area contributed by atoms with E-state index >= 15 is 0 Å². The van der Waals surface area contributed by atoms with Gasteiger partial charge in [0.15, 0.2) is 9.84 Å². The first-order chi connectivity index (χ1) is 10.3. The van der Waals surface area contributed by atoms with Crippen molar-refractivity contribution < 1.29 is 13.2 Å². The van der Waals surface area contributed by atoms with Crippen LogP contribution >= 0.6 is 15.9 Å². The van der Waals surface area contributed by atoms with E-state index in [-0.39, 0.29) is 23.3 Å². The smallest absolute Gasteiger partial charge is 0.225 e. The Morgan fingerprint density at radius 3 is 2.64 bits per heavy atom. The van der Waals surface area contributed by atoms with Crippen molar-refractivity contribution in [1.29, 1.82) is 0 Å². The Hall–Kier alpha value is -1.08. The van der Waals surface area contributed by atoms with Gasteiger partial charge in [0.05, 0.1) is 22.4 Å². The molecule has 1 fully saturated rings. The molecule has 0 radical (unpaired) electrons. The minimum absolute atomic E-state index is 0.0379. The van der Waals surface area contributed by atoms with Crippen LogP contribution in [0.3, 0.4) is 0 Å². The lowest BCUT2D eigenvalue weighted by atomic mass is 10.1. The summed E-state index contributed by atoms with van der Waals surface area (Å²) in [6.07, 6.45) is 3.33. The molecule has 1 aromatic carbocycles. The van der Waals surface area contributed by atoms with E-state index in [2.05, 4.69) is 21.2 Å². The minimum atomic E-state index is -3.18. The van der Waals surface area contributed by atoms with Gasteiger partial charge in [-0.3, -0.25) is 4.79 Å². The molecule has 1 aliphatic rings. The monoisotopic (exact) mass is 388 g/mol. The maximum absolute atomic E-state index is 12.2. The summed E-state index contributed by atoms with van der Waals surface area (Å²) in [6, 6.07) is 3.57. The normalized spacial score (nSPS) is 15.9. The molecule has 1 aromatic rings. The second-order valence-corrected chi connectivity index (χ2v) is 9.07. The van der Waals surface area contributed by atoms with Crippen molar-refractivity contribution in [3.05, 3.63) is 22.2 Å². The largest absolute Gasteiger partial charge is 0.397 e. The van der Waals surface area contributed by atoms with Gasteiger partial charge in [-0.2, -0.15) is 0 Å². The Balaban J connectivity index is 1.96. The number of nitrogens with one attached hydrogen (secondary N) is 1. The number of benzene rings is 1. The Kier molecular flexibility index (Phi) is 5.50. The summed E-state index contributed by atoms with van der Waals surface area (Å²) in [6.45, 7) is 1.85. The molecule has 5 nitrogen and oxygen atoms in total. The van der Waals surface area contributed by atoms with E-state index in [9.17, 15) is 13.2 Å². The molecule has 1 aliphatic carbocycles. The third-order valence-electron chi connectivity index (χ3n) is 4.05. The molecule has 1 amide bonds. The van der Waals surface area contributed by atoms with Crippen LogP contribution in [0.25, 0.3) is 0 Å². The fourth-order valence-electron chi connectivity index (χ4n) is 2.72. The van der Waals surface area contributed by atoms with Crippen LogP contribution in [0.4, 0.5) is 11.4 Å². The molecule has 0 heterocycles.